The molecule has 0 aliphatic carbocycles. The third-order valence-corrected chi connectivity index (χ3v) is 4.04. The van der Waals surface area contributed by atoms with Crippen LogP contribution >= 0.6 is 0 Å². The van der Waals surface area contributed by atoms with Crippen LogP contribution in [-0.4, -0.2) is 27.5 Å². The van der Waals surface area contributed by atoms with Crippen molar-refractivity contribution in [1.82, 2.24) is 15.1 Å². The average molecular weight is 317 g/mol. The molecule has 1 aromatic carbocycles. The summed E-state index contributed by atoms with van der Waals surface area (Å²) in [6.07, 6.45) is 3.46. The molecule has 0 fully saturated rings. The zero-order chi connectivity index (χ0) is 16.4. The minimum atomic E-state index is -0.908. The van der Waals surface area contributed by atoms with Crippen LogP contribution in [0.2, 0.25) is 0 Å². The van der Waals surface area contributed by atoms with Crippen LogP contribution in [-0.2, 0) is 17.8 Å². The molecule has 0 radical (unpaired) electrons. The number of aromatic nitrogens is 2. The number of rotatable bonds is 4. The van der Waals surface area contributed by atoms with Crippen LogP contribution in [0.15, 0.2) is 30.9 Å². The largest absolute Gasteiger partial charge is 0.338 e. The van der Waals surface area contributed by atoms with E-state index >= 15 is 0 Å². The predicted octanol–water partition coefficient (Wildman–Crippen LogP) is 3.21. The summed E-state index contributed by atoms with van der Waals surface area (Å²) in [6.45, 7) is 4.68. The van der Waals surface area contributed by atoms with Crippen LogP contribution in [0.4, 0.5) is 8.78 Å². The number of carbonyl (C=O) groups excluding carboxylic acids is 1. The number of hydrogen-bond donors (Lipinski definition) is 1. The summed E-state index contributed by atoms with van der Waals surface area (Å²) in [5, 5.41) is 7.17. The molecule has 6 heteroatoms. The number of allylic oxidation sites excluding steroid dienone is 1. The van der Waals surface area contributed by atoms with Gasteiger partial charge in [-0.3, -0.25) is 9.89 Å². The number of halogens is 2. The fourth-order valence-electron chi connectivity index (χ4n) is 2.77. The molecule has 2 heterocycles. The van der Waals surface area contributed by atoms with Crippen LogP contribution in [0, 0.1) is 11.6 Å². The summed E-state index contributed by atoms with van der Waals surface area (Å²) in [5.74, 6) is -1.73. The number of aromatic amines is 1. The molecule has 1 N–H and O–H groups in total. The zero-order valence-electron chi connectivity index (χ0n) is 12.6. The van der Waals surface area contributed by atoms with E-state index in [1.165, 1.54) is 6.07 Å². The van der Waals surface area contributed by atoms with Crippen LogP contribution < -0.4 is 0 Å². The fourth-order valence-corrected chi connectivity index (χ4v) is 2.77. The van der Waals surface area contributed by atoms with E-state index in [1.807, 2.05) is 0 Å². The highest BCUT2D eigenvalue weighted by Crippen LogP contribution is 2.29. The Balaban J connectivity index is 1.87. The highest BCUT2D eigenvalue weighted by atomic mass is 19.2. The van der Waals surface area contributed by atoms with Gasteiger partial charge in [0, 0.05) is 42.8 Å². The van der Waals surface area contributed by atoms with Crippen LogP contribution in [0.5, 0.6) is 0 Å². The van der Waals surface area contributed by atoms with E-state index in [1.54, 1.807) is 11.0 Å². The van der Waals surface area contributed by atoms with Crippen molar-refractivity contribution in [2.24, 2.45) is 0 Å². The number of H-pyrrole nitrogens is 1. The van der Waals surface area contributed by atoms with Crippen molar-refractivity contribution in [2.75, 3.05) is 6.54 Å². The van der Waals surface area contributed by atoms with Crippen LogP contribution in [0.3, 0.4) is 0 Å². The summed E-state index contributed by atoms with van der Waals surface area (Å²) < 4.78 is 26.6. The van der Waals surface area contributed by atoms with Crippen LogP contribution in [0.25, 0.3) is 11.3 Å². The van der Waals surface area contributed by atoms with Gasteiger partial charge in [-0.1, -0.05) is 6.08 Å². The molecular formula is C17H17F2N3O. The van der Waals surface area contributed by atoms with E-state index in [0.29, 0.717) is 43.6 Å². The van der Waals surface area contributed by atoms with Crippen molar-refractivity contribution in [1.29, 1.82) is 0 Å². The lowest BCUT2D eigenvalue weighted by Crippen LogP contribution is -2.35. The van der Waals surface area contributed by atoms with Crippen molar-refractivity contribution in [3.8, 4) is 11.3 Å². The summed E-state index contributed by atoms with van der Waals surface area (Å²) in [4.78, 5) is 13.9. The molecule has 120 valence electrons. The second-order valence-electron chi connectivity index (χ2n) is 5.55. The Labute approximate surface area is 132 Å². The Morgan fingerprint density at radius 1 is 1.39 bits per heavy atom. The van der Waals surface area contributed by atoms with Gasteiger partial charge in [0.15, 0.2) is 11.6 Å². The number of carbonyl (C=O) groups is 1. The molecule has 0 saturated heterocycles. The smallest absolute Gasteiger partial charge is 0.223 e. The molecule has 23 heavy (non-hydrogen) atoms. The molecule has 1 aromatic heterocycles. The molecule has 1 aliphatic heterocycles. The highest BCUT2D eigenvalue weighted by Gasteiger charge is 2.25. The summed E-state index contributed by atoms with van der Waals surface area (Å²) in [5.41, 5.74) is 2.88. The first kappa shape index (κ1) is 15.4. The summed E-state index contributed by atoms with van der Waals surface area (Å²) >= 11 is 0. The molecule has 4 nitrogen and oxygen atoms in total. The minimum absolute atomic E-state index is 0.0630. The average Bonchev–Trinajstić information content (AvgIpc) is 2.98. The van der Waals surface area contributed by atoms with Gasteiger partial charge >= 0.3 is 0 Å². The standard InChI is InChI=1S/C17H17F2N3O/c1-2-3-4-16(23)22-8-7-15-12(10-22)17(21-20-15)11-5-6-13(18)14(19)9-11/h2,5-6,9H,1,3-4,7-8,10H2,(H,20,21). The predicted molar refractivity (Wildman–Crippen MR) is 82.5 cm³/mol. The Bertz CT molecular complexity index is 754. The molecule has 1 amide bonds. The van der Waals surface area contributed by atoms with Crippen molar-refractivity contribution < 1.29 is 13.6 Å². The van der Waals surface area contributed by atoms with Crippen molar-refractivity contribution >= 4 is 5.91 Å². The maximum Gasteiger partial charge on any atom is 0.223 e. The highest BCUT2D eigenvalue weighted by molar-refractivity contribution is 5.77. The molecule has 1 aliphatic rings. The molecule has 0 saturated carbocycles. The zero-order valence-corrected chi connectivity index (χ0v) is 12.6. The number of fused-ring (bicyclic) bond motifs is 1. The van der Waals surface area contributed by atoms with Gasteiger partial charge in [-0.05, 0) is 24.6 Å². The Hall–Kier alpha value is -2.50. The Kier molecular flexibility index (Phi) is 4.23. The number of hydrogen-bond acceptors (Lipinski definition) is 2. The van der Waals surface area contributed by atoms with Gasteiger partial charge < -0.3 is 4.90 Å². The first-order valence-corrected chi connectivity index (χ1v) is 7.50. The van der Waals surface area contributed by atoms with E-state index < -0.39 is 11.6 Å². The Morgan fingerprint density at radius 2 is 2.22 bits per heavy atom. The fraction of sp³-hybridized carbons (Fsp3) is 0.294. The second kappa shape index (κ2) is 6.32. The molecule has 0 atom stereocenters. The maximum absolute atomic E-state index is 13.5. The molecular weight excluding hydrogens is 300 g/mol. The van der Waals surface area contributed by atoms with Gasteiger partial charge in [0.05, 0.1) is 5.69 Å². The van der Waals surface area contributed by atoms with E-state index in [2.05, 4.69) is 16.8 Å². The van der Waals surface area contributed by atoms with Crippen molar-refractivity contribution in [2.45, 2.75) is 25.8 Å². The van der Waals surface area contributed by atoms with E-state index in [0.717, 1.165) is 23.4 Å². The molecule has 3 rings (SSSR count). The molecule has 0 bridgehead atoms. The maximum atomic E-state index is 13.5. The van der Waals surface area contributed by atoms with Gasteiger partial charge in [-0.25, -0.2) is 8.78 Å². The normalized spacial score (nSPS) is 13.7. The summed E-state index contributed by atoms with van der Waals surface area (Å²) in [6, 6.07) is 3.71. The van der Waals surface area contributed by atoms with Gasteiger partial charge in [0.2, 0.25) is 5.91 Å². The van der Waals surface area contributed by atoms with Gasteiger partial charge in [-0.15, -0.1) is 6.58 Å². The summed E-state index contributed by atoms with van der Waals surface area (Å²) in [7, 11) is 0. The first-order chi connectivity index (χ1) is 11.1. The number of nitrogens with one attached hydrogen (secondary N) is 1. The van der Waals surface area contributed by atoms with E-state index in [9.17, 15) is 13.6 Å². The monoisotopic (exact) mass is 317 g/mol. The topological polar surface area (TPSA) is 49.0 Å². The van der Waals surface area contributed by atoms with Crippen molar-refractivity contribution in [3.05, 3.63) is 53.7 Å². The van der Waals surface area contributed by atoms with E-state index in [-0.39, 0.29) is 5.91 Å². The SMILES string of the molecule is C=CCCC(=O)N1CCc2[nH]nc(-c3ccc(F)c(F)c3)c2C1. The van der Waals surface area contributed by atoms with Gasteiger partial charge in [-0.2, -0.15) is 5.10 Å². The van der Waals surface area contributed by atoms with Crippen molar-refractivity contribution in [3.63, 3.8) is 0 Å². The molecule has 0 unspecified atom stereocenters. The second-order valence-corrected chi connectivity index (χ2v) is 5.55. The Morgan fingerprint density at radius 3 is 2.96 bits per heavy atom. The van der Waals surface area contributed by atoms with E-state index in [4.69, 9.17) is 0 Å². The van der Waals surface area contributed by atoms with Gasteiger partial charge in [0.25, 0.3) is 0 Å². The minimum Gasteiger partial charge on any atom is -0.338 e. The third kappa shape index (κ3) is 3.02. The molecule has 2 aromatic rings. The third-order valence-electron chi connectivity index (χ3n) is 4.04. The van der Waals surface area contributed by atoms with Crippen LogP contribution in [0.1, 0.15) is 24.1 Å². The quantitative estimate of drug-likeness (QED) is 0.880. The number of nitrogens with zero attached hydrogens (tertiary/aromatic N) is 2. The number of benzene rings is 1. The lowest BCUT2D eigenvalue weighted by atomic mass is 10.0. The lowest BCUT2D eigenvalue weighted by molar-refractivity contribution is -0.132. The molecule has 0 spiro atoms. The lowest BCUT2D eigenvalue weighted by Gasteiger charge is -2.27. The first-order valence-electron chi connectivity index (χ1n) is 7.50. The number of amides is 1. The van der Waals surface area contributed by atoms with Gasteiger partial charge in [0.1, 0.15) is 0 Å².